The standard InChI is InChI=1S/C24H31FN4O6S2/c25-21-4-6-22(7-5-21)27-11-13-28(14-12-27)36(31,32)19-1-10-26-24(30)20-2-8-23(9-3-20)37(33,34)29-15-17-35-18-16-29/h2-9H,1,10-19H2,(H,26,30). The summed E-state index contributed by atoms with van der Waals surface area (Å²) in [5, 5.41) is 2.69. The number of morpholine rings is 1. The zero-order valence-corrected chi connectivity index (χ0v) is 22.0. The van der Waals surface area contributed by atoms with E-state index in [0.717, 1.165) is 5.69 Å². The number of hydrogen-bond acceptors (Lipinski definition) is 7. The maximum Gasteiger partial charge on any atom is 0.251 e. The number of sulfonamides is 2. The Hall–Kier alpha value is -2.58. The van der Waals surface area contributed by atoms with Crippen LogP contribution in [-0.2, 0) is 24.8 Å². The van der Waals surface area contributed by atoms with Gasteiger partial charge >= 0.3 is 0 Å². The molecule has 0 spiro atoms. The molecule has 0 bridgehead atoms. The summed E-state index contributed by atoms with van der Waals surface area (Å²) in [5.41, 5.74) is 1.15. The van der Waals surface area contributed by atoms with E-state index >= 15 is 0 Å². The van der Waals surface area contributed by atoms with Crippen molar-refractivity contribution in [2.75, 3.05) is 69.7 Å². The van der Waals surface area contributed by atoms with E-state index in [4.69, 9.17) is 4.74 Å². The van der Waals surface area contributed by atoms with Crippen molar-refractivity contribution in [3.8, 4) is 0 Å². The fourth-order valence-corrected chi connectivity index (χ4v) is 7.17. The number of ether oxygens (including phenoxy) is 1. The monoisotopic (exact) mass is 554 g/mol. The van der Waals surface area contributed by atoms with Crippen LogP contribution >= 0.6 is 0 Å². The molecule has 2 heterocycles. The highest BCUT2D eigenvalue weighted by atomic mass is 32.2. The zero-order chi connectivity index (χ0) is 26.5. The Bertz CT molecular complexity index is 1270. The Morgan fingerprint density at radius 1 is 0.838 bits per heavy atom. The van der Waals surface area contributed by atoms with Gasteiger partial charge in [0.25, 0.3) is 5.91 Å². The predicted octanol–water partition coefficient (Wildman–Crippen LogP) is 1.12. The van der Waals surface area contributed by atoms with Crippen LogP contribution in [0.15, 0.2) is 53.4 Å². The van der Waals surface area contributed by atoms with Crippen LogP contribution in [0.1, 0.15) is 16.8 Å². The lowest BCUT2D eigenvalue weighted by atomic mass is 10.2. The Morgan fingerprint density at radius 3 is 2.08 bits per heavy atom. The van der Waals surface area contributed by atoms with E-state index < -0.39 is 26.0 Å². The minimum absolute atomic E-state index is 0.0967. The molecule has 10 nitrogen and oxygen atoms in total. The second kappa shape index (κ2) is 11.9. The maximum atomic E-state index is 13.1. The van der Waals surface area contributed by atoms with Crippen molar-refractivity contribution in [1.82, 2.24) is 13.9 Å². The van der Waals surface area contributed by atoms with Crippen LogP contribution in [0.2, 0.25) is 0 Å². The number of carbonyl (C=O) groups excluding carboxylic acids is 1. The third-order valence-corrected chi connectivity index (χ3v) is 10.3. The van der Waals surface area contributed by atoms with Gasteiger partial charge in [0, 0.05) is 57.1 Å². The Morgan fingerprint density at radius 2 is 1.46 bits per heavy atom. The van der Waals surface area contributed by atoms with Crippen molar-refractivity contribution in [1.29, 1.82) is 0 Å². The molecule has 2 aliphatic rings. The van der Waals surface area contributed by atoms with Gasteiger partial charge in [-0.25, -0.2) is 21.2 Å². The molecule has 0 radical (unpaired) electrons. The van der Waals surface area contributed by atoms with Crippen molar-refractivity contribution < 1.29 is 30.8 Å². The van der Waals surface area contributed by atoms with Gasteiger partial charge in [0.2, 0.25) is 20.0 Å². The van der Waals surface area contributed by atoms with Crippen molar-refractivity contribution in [3.63, 3.8) is 0 Å². The first-order valence-corrected chi connectivity index (χ1v) is 15.2. The van der Waals surface area contributed by atoms with E-state index in [9.17, 15) is 26.0 Å². The summed E-state index contributed by atoms with van der Waals surface area (Å²) in [7, 11) is -7.12. The number of carbonyl (C=O) groups is 1. The number of halogens is 1. The molecule has 202 valence electrons. The largest absolute Gasteiger partial charge is 0.379 e. The minimum atomic E-state index is -3.64. The Labute approximate surface area is 217 Å². The minimum Gasteiger partial charge on any atom is -0.379 e. The van der Waals surface area contributed by atoms with Gasteiger partial charge in [-0.2, -0.15) is 8.61 Å². The molecule has 0 unspecified atom stereocenters. The van der Waals surface area contributed by atoms with E-state index in [-0.39, 0.29) is 42.5 Å². The average Bonchev–Trinajstić information content (AvgIpc) is 2.92. The third kappa shape index (κ3) is 6.85. The first-order chi connectivity index (χ1) is 17.7. The lowest BCUT2D eigenvalue weighted by molar-refractivity contribution is 0.0730. The molecule has 2 saturated heterocycles. The fraction of sp³-hybridized carbons (Fsp3) is 0.458. The van der Waals surface area contributed by atoms with Crippen molar-refractivity contribution >= 4 is 31.6 Å². The normalized spacial score (nSPS) is 18.0. The number of nitrogens with zero attached hydrogens (tertiary/aromatic N) is 3. The quantitative estimate of drug-likeness (QED) is 0.462. The van der Waals surface area contributed by atoms with Gasteiger partial charge in [-0.3, -0.25) is 4.79 Å². The van der Waals surface area contributed by atoms with E-state index in [0.29, 0.717) is 45.0 Å². The summed E-state index contributed by atoms with van der Waals surface area (Å²) < 4.78 is 72.0. The van der Waals surface area contributed by atoms with Crippen molar-refractivity contribution in [3.05, 3.63) is 59.9 Å². The number of hydrogen-bond donors (Lipinski definition) is 1. The number of piperazine rings is 1. The topological polar surface area (TPSA) is 116 Å². The zero-order valence-electron chi connectivity index (χ0n) is 20.4. The number of nitrogens with one attached hydrogen (secondary N) is 1. The molecule has 0 aromatic heterocycles. The summed E-state index contributed by atoms with van der Waals surface area (Å²) >= 11 is 0. The maximum absolute atomic E-state index is 13.1. The molecule has 2 aromatic carbocycles. The SMILES string of the molecule is O=C(NCCCS(=O)(=O)N1CCN(c2ccc(F)cc2)CC1)c1ccc(S(=O)(=O)N2CCOCC2)cc1. The van der Waals surface area contributed by atoms with Gasteiger partial charge in [-0.15, -0.1) is 0 Å². The fourth-order valence-electron chi connectivity index (χ4n) is 4.28. The molecule has 0 atom stereocenters. The second-order valence-electron chi connectivity index (χ2n) is 8.83. The van der Waals surface area contributed by atoms with E-state index in [1.54, 1.807) is 12.1 Å². The number of anilines is 1. The number of amides is 1. The Kier molecular flexibility index (Phi) is 8.80. The van der Waals surface area contributed by atoms with Crippen molar-refractivity contribution in [2.24, 2.45) is 0 Å². The molecule has 1 N–H and O–H groups in total. The van der Waals surface area contributed by atoms with Crippen LogP contribution in [0.25, 0.3) is 0 Å². The first kappa shape index (κ1) is 27.5. The van der Waals surface area contributed by atoms with Crippen LogP contribution in [0.3, 0.4) is 0 Å². The molecule has 1 amide bonds. The molecule has 0 saturated carbocycles. The van der Waals surface area contributed by atoms with E-state index in [2.05, 4.69) is 5.32 Å². The molecule has 2 aromatic rings. The molecule has 0 aliphatic carbocycles. The highest BCUT2D eigenvalue weighted by Gasteiger charge is 2.28. The van der Waals surface area contributed by atoms with Crippen LogP contribution < -0.4 is 10.2 Å². The van der Waals surface area contributed by atoms with Gasteiger partial charge < -0.3 is 15.0 Å². The van der Waals surface area contributed by atoms with E-state index in [1.807, 2.05) is 4.90 Å². The van der Waals surface area contributed by atoms with Gasteiger partial charge in [0.05, 0.1) is 23.9 Å². The van der Waals surface area contributed by atoms with Crippen molar-refractivity contribution in [2.45, 2.75) is 11.3 Å². The van der Waals surface area contributed by atoms with Gasteiger partial charge in [0.15, 0.2) is 0 Å². The summed E-state index contributed by atoms with van der Waals surface area (Å²) in [6, 6.07) is 11.8. The highest BCUT2D eigenvalue weighted by Crippen LogP contribution is 2.19. The summed E-state index contributed by atoms with van der Waals surface area (Å²) in [4.78, 5) is 14.6. The smallest absolute Gasteiger partial charge is 0.251 e. The summed E-state index contributed by atoms with van der Waals surface area (Å²) in [6.45, 7) is 3.15. The van der Waals surface area contributed by atoms with Gasteiger partial charge in [-0.1, -0.05) is 0 Å². The lowest BCUT2D eigenvalue weighted by Crippen LogP contribution is -2.49. The Balaban J connectivity index is 1.21. The molecular weight excluding hydrogens is 523 g/mol. The first-order valence-electron chi connectivity index (χ1n) is 12.1. The average molecular weight is 555 g/mol. The summed E-state index contributed by atoms with van der Waals surface area (Å²) in [5.74, 6) is -0.813. The molecule has 2 fully saturated rings. The lowest BCUT2D eigenvalue weighted by Gasteiger charge is -2.35. The van der Waals surface area contributed by atoms with Crippen LogP contribution in [-0.4, -0.2) is 96.1 Å². The molecule has 13 heteroatoms. The van der Waals surface area contributed by atoms with Crippen LogP contribution in [0.4, 0.5) is 10.1 Å². The van der Waals surface area contributed by atoms with Gasteiger partial charge in [-0.05, 0) is 55.0 Å². The molecule has 37 heavy (non-hydrogen) atoms. The molecular formula is C24H31FN4O6S2. The second-order valence-corrected chi connectivity index (χ2v) is 12.9. The summed E-state index contributed by atoms with van der Waals surface area (Å²) in [6.07, 6.45) is 0.246. The highest BCUT2D eigenvalue weighted by molar-refractivity contribution is 7.89. The third-order valence-electron chi connectivity index (χ3n) is 6.41. The number of benzene rings is 2. The van der Waals surface area contributed by atoms with E-state index in [1.165, 1.54) is 45.0 Å². The molecule has 2 aliphatic heterocycles. The van der Waals surface area contributed by atoms with Crippen LogP contribution in [0, 0.1) is 5.82 Å². The van der Waals surface area contributed by atoms with Gasteiger partial charge in [0.1, 0.15) is 5.82 Å². The molecule has 4 rings (SSSR count). The number of rotatable bonds is 9. The van der Waals surface area contributed by atoms with Crippen LogP contribution in [0.5, 0.6) is 0 Å². The predicted molar refractivity (Wildman–Crippen MR) is 137 cm³/mol.